The maximum atomic E-state index is 13.3. The Morgan fingerprint density at radius 1 is 1.31 bits per heavy atom. The standard InChI is InChI=1S/C19H17F3N4O3/c1-2-29-16-9-12(7-8-15(16)27)10-23-25-17(28)11-26-14-6-4-3-5-13(14)24-18(26)19(20,21)22/h3-10,27H,2,11H2,1H3,(H,25,28)/b23-10+. The number of imidazole rings is 1. The molecule has 1 amide bonds. The van der Waals surface area contributed by atoms with Crippen LogP contribution in [0, 0.1) is 0 Å². The zero-order valence-corrected chi connectivity index (χ0v) is 15.3. The van der Waals surface area contributed by atoms with Gasteiger partial charge in [0.25, 0.3) is 5.91 Å². The highest BCUT2D eigenvalue weighted by molar-refractivity contribution is 5.84. The summed E-state index contributed by atoms with van der Waals surface area (Å²) in [5.41, 5.74) is 3.05. The van der Waals surface area contributed by atoms with E-state index in [-0.39, 0.29) is 22.5 Å². The molecule has 0 saturated heterocycles. The van der Waals surface area contributed by atoms with Crippen LogP contribution in [0.1, 0.15) is 18.3 Å². The second-order valence-electron chi connectivity index (χ2n) is 5.96. The van der Waals surface area contributed by atoms with E-state index in [1.54, 1.807) is 25.1 Å². The van der Waals surface area contributed by atoms with Gasteiger partial charge in [0, 0.05) is 0 Å². The average molecular weight is 406 g/mol. The van der Waals surface area contributed by atoms with Crippen molar-refractivity contribution in [2.75, 3.05) is 6.61 Å². The van der Waals surface area contributed by atoms with Crippen molar-refractivity contribution in [1.29, 1.82) is 0 Å². The van der Waals surface area contributed by atoms with Crippen LogP contribution in [-0.4, -0.2) is 33.4 Å². The van der Waals surface area contributed by atoms with E-state index in [0.29, 0.717) is 12.2 Å². The molecule has 0 fully saturated rings. The summed E-state index contributed by atoms with van der Waals surface area (Å²) in [6.07, 6.45) is -3.42. The number of nitrogens with one attached hydrogen (secondary N) is 1. The number of para-hydroxylation sites is 2. The smallest absolute Gasteiger partial charge is 0.449 e. The number of hydrogen-bond acceptors (Lipinski definition) is 5. The number of benzene rings is 2. The van der Waals surface area contributed by atoms with Crippen LogP contribution in [0.25, 0.3) is 11.0 Å². The highest BCUT2D eigenvalue weighted by atomic mass is 19.4. The summed E-state index contributed by atoms with van der Waals surface area (Å²) in [5, 5.41) is 13.4. The van der Waals surface area contributed by atoms with Gasteiger partial charge < -0.3 is 14.4 Å². The van der Waals surface area contributed by atoms with Crippen molar-refractivity contribution in [3.8, 4) is 11.5 Å². The second-order valence-corrected chi connectivity index (χ2v) is 5.96. The minimum absolute atomic E-state index is 0.0419. The fourth-order valence-electron chi connectivity index (χ4n) is 2.69. The van der Waals surface area contributed by atoms with Crippen LogP contribution in [0.15, 0.2) is 47.6 Å². The molecular weight excluding hydrogens is 389 g/mol. The normalized spacial score (nSPS) is 11.9. The van der Waals surface area contributed by atoms with Crippen molar-refractivity contribution >= 4 is 23.2 Å². The Bertz CT molecular complexity index is 1060. The number of aromatic nitrogens is 2. The van der Waals surface area contributed by atoms with E-state index in [2.05, 4.69) is 15.5 Å². The molecule has 0 aliphatic carbocycles. The van der Waals surface area contributed by atoms with Gasteiger partial charge in [-0.15, -0.1) is 0 Å². The van der Waals surface area contributed by atoms with Gasteiger partial charge in [-0.25, -0.2) is 10.4 Å². The zero-order valence-electron chi connectivity index (χ0n) is 15.3. The van der Waals surface area contributed by atoms with E-state index in [0.717, 1.165) is 4.57 Å². The molecular formula is C19H17F3N4O3. The Kier molecular flexibility index (Phi) is 5.71. The van der Waals surface area contributed by atoms with E-state index in [4.69, 9.17) is 4.74 Å². The molecule has 29 heavy (non-hydrogen) atoms. The molecule has 152 valence electrons. The fraction of sp³-hybridized carbons (Fsp3) is 0.211. The monoisotopic (exact) mass is 406 g/mol. The van der Waals surface area contributed by atoms with Gasteiger partial charge in [-0.2, -0.15) is 18.3 Å². The molecule has 10 heteroatoms. The number of phenols is 1. The molecule has 0 saturated carbocycles. The molecule has 0 aliphatic heterocycles. The number of hydrogen-bond donors (Lipinski definition) is 2. The van der Waals surface area contributed by atoms with Gasteiger partial charge in [0.1, 0.15) is 6.54 Å². The Labute approximate surface area is 163 Å². The van der Waals surface area contributed by atoms with Gasteiger partial charge in [0.05, 0.1) is 23.9 Å². The minimum Gasteiger partial charge on any atom is -0.504 e. The lowest BCUT2D eigenvalue weighted by atomic mass is 10.2. The molecule has 2 N–H and O–H groups in total. The molecule has 1 heterocycles. The molecule has 7 nitrogen and oxygen atoms in total. The number of nitrogens with zero attached hydrogens (tertiary/aromatic N) is 3. The third kappa shape index (κ3) is 4.65. The number of carbonyl (C=O) groups excluding carboxylic acids is 1. The Morgan fingerprint density at radius 2 is 2.07 bits per heavy atom. The van der Waals surface area contributed by atoms with E-state index in [1.807, 2.05) is 0 Å². The summed E-state index contributed by atoms with van der Waals surface area (Å²) >= 11 is 0. The molecule has 0 spiro atoms. The number of phenolic OH excluding ortho intramolecular Hbond substituents is 1. The van der Waals surface area contributed by atoms with Gasteiger partial charge in [-0.05, 0) is 42.8 Å². The quantitative estimate of drug-likeness (QED) is 0.486. The lowest BCUT2D eigenvalue weighted by Crippen LogP contribution is -2.26. The molecule has 0 aliphatic rings. The van der Waals surface area contributed by atoms with Crippen LogP contribution in [0.5, 0.6) is 11.5 Å². The van der Waals surface area contributed by atoms with E-state index in [1.165, 1.54) is 30.5 Å². The first-order chi connectivity index (χ1) is 13.8. The van der Waals surface area contributed by atoms with Crippen molar-refractivity contribution in [3.05, 3.63) is 53.9 Å². The number of ether oxygens (including phenoxy) is 1. The van der Waals surface area contributed by atoms with Gasteiger partial charge in [-0.1, -0.05) is 12.1 Å². The number of fused-ring (bicyclic) bond motifs is 1. The topological polar surface area (TPSA) is 88.7 Å². The first-order valence-corrected chi connectivity index (χ1v) is 8.59. The Hall–Kier alpha value is -3.56. The number of rotatable bonds is 6. The lowest BCUT2D eigenvalue weighted by Gasteiger charge is -2.10. The summed E-state index contributed by atoms with van der Waals surface area (Å²) in [6.45, 7) is 1.51. The van der Waals surface area contributed by atoms with E-state index < -0.39 is 24.5 Å². The average Bonchev–Trinajstić information content (AvgIpc) is 3.03. The van der Waals surface area contributed by atoms with Crippen LogP contribution >= 0.6 is 0 Å². The summed E-state index contributed by atoms with van der Waals surface area (Å²) < 4.78 is 45.8. The molecule has 1 aromatic heterocycles. The lowest BCUT2D eigenvalue weighted by molar-refractivity contribution is -0.147. The van der Waals surface area contributed by atoms with Gasteiger partial charge >= 0.3 is 6.18 Å². The second kappa shape index (κ2) is 8.21. The molecule has 0 unspecified atom stereocenters. The number of halogens is 3. The van der Waals surface area contributed by atoms with Crippen molar-refractivity contribution in [2.24, 2.45) is 5.10 Å². The molecule has 0 bridgehead atoms. The Balaban J connectivity index is 1.75. The summed E-state index contributed by atoms with van der Waals surface area (Å²) in [6, 6.07) is 10.5. The van der Waals surface area contributed by atoms with Crippen LogP contribution in [0.3, 0.4) is 0 Å². The van der Waals surface area contributed by atoms with Crippen molar-refractivity contribution in [2.45, 2.75) is 19.6 Å². The predicted octanol–water partition coefficient (Wildman–Crippen LogP) is 3.31. The van der Waals surface area contributed by atoms with E-state index >= 15 is 0 Å². The van der Waals surface area contributed by atoms with Crippen LogP contribution < -0.4 is 10.2 Å². The first-order valence-electron chi connectivity index (χ1n) is 8.59. The summed E-state index contributed by atoms with van der Waals surface area (Å²) in [4.78, 5) is 15.7. The van der Waals surface area contributed by atoms with Gasteiger partial charge in [0.15, 0.2) is 11.5 Å². The summed E-state index contributed by atoms with van der Waals surface area (Å²) in [7, 11) is 0. The number of aromatic hydroxyl groups is 1. The Morgan fingerprint density at radius 3 is 2.79 bits per heavy atom. The molecule has 0 atom stereocenters. The summed E-state index contributed by atoms with van der Waals surface area (Å²) in [5.74, 6) is -1.70. The van der Waals surface area contributed by atoms with Crippen LogP contribution in [0.4, 0.5) is 13.2 Å². The SMILES string of the molecule is CCOc1cc(/C=N/NC(=O)Cn2c(C(F)(F)F)nc3ccccc32)ccc1O. The zero-order chi connectivity index (χ0) is 21.0. The predicted molar refractivity (Wildman–Crippen MR) is 99.7 cm³/mol. The van der Waals surface area contributed by atoms with Gasteiger partial charge in [-0.3, -0.25) is 4.79 Å². The minimum atomic E-state index is -4.70. The third-order valence-electron chi connectivity index (χ3n) is 3.90. The van der Waals surface area contributed by atoms with Crippen molar-refractivity contribution < 1.29 is 27.8 Å². The largest absolute Gasteiger partial charge is 0.504 e. The van der Waals surface area contributed by atoms with Gasteiger partial charge in [0.2, 0.25) is 5.82 Å². The molecule has 2 aromatic carbocycles. The number of alkyl halides is 3. The number of amides is 1. The molecule has 3 rings (SSSR count). The maximum Gasteiger partial charge on any atom is 0.449 e. The highest BCUT2D eigenvalue weighted by Gasteiger charge is 2.37. The van der Waals surface area contributed by atoms with Crippen LogP contribution in [0.2, 0.25) is 0 Å². The highest BCUT2D eigenvalue weighted by Crippen LogP contribution is 2.31. The van der Waals surface area contributed by atoms with Crippen LogP contribution in [-0.2, 0) is 17.5 Å². The first kappa shape index (κ1) is 20.2. The van der Waals surface area contributed by atoms with E-state index in [9.17, 15) is 23.1 Å². The molecule has 3 aromatic rings. The van der Waals surface area contributed by atoms with Crippen molar-refractivity contribution in [1.82, 2.24) is 15.0 Å². The number of hydrazone groups is 1. The third-order valence-corrected chi connectivity index (χ3v) is 3.90. The number of carbonyl (C=O) groups is 1. The fourth-order valence-corrected chi connectivity index (χ4v) is 2.69. The molecule has 0 radical (unpaired) electrons. The maximum absolute atomic E-state index is 13.3. The van der Waals surface area contributed by atoms with Crippen molar-refractivity contribution in [3.63, 3.8) is 0 Å².